The standard InChI is InChI=1S/C46H80N2O13.H3O4P/c1-13-36-33(24-57-46-44(56-12)43(55-11)40(53)31(8)59-46)19-25(2)14-15-34(49)28(5)20-32(16-17-48-22-26(3)18-27(4)23-48)42(29(6)35(50)21-37(51)60-36)61-45-41(54)38(47(9)10)39(52)30(7)58-45;1-5(2,3)4/h14-15,19,26-33,35-36,38-46,50,52-54H,13,16-18,20-24H2,1-12H3;(H3,1,2,3,4)/b15-14-,25-19+;. The summed E-state index contributed by atoms with van der Waals surface area (Å²) in [5.41, 5.74) is 0.761. The summed E-state index contributed by atoms with van der Waals surface area (Å²) in [6.07, 6.45) is -2.96. The molecule has 0 aliphatic carbocycles. The normalized spacial score (nSPS) is 41.9. The molecule has 4 aliphatic rings. The number of piperidine rings is 1. The fourth-order valence-electron chi connectivity index (χ4n) is 10.0. The van der Waals surface area contributed by atoms with Crippen molar-refractivity contribution in [3.8, 4) is 0 Å². The lowest BCUT2D eigenvalue weighted by atomic mass is 9.79. The van der Waals surface area contributed by atoms with Crippen LogP contribution in [0, 0.1) is 35.5 Å². The van der Waals surface area contributed by atoms with Crippen molar-refractivity contribution in [2.24, 2.45) is 35.5 Å². The molecule has 4 aliphatic heterocycles. The lowest BCUT2D eigenvalue weighted by Gasteiger charge is -2.47. The molecule has 0 aromatic rings. The fourth-order valence-corrected chi connectivity index (χ4v) is 10.0. The molecule has 0 aromatic carbocycles. The highest BCUT2D eigenvalue weighted by Gasteiger charge is 2.48. The first kappa shape index (κ1) is 58.6. The van der Waals surface area contributed by atoms with Crippen molar-refractivity contribution < 1.29 is 82.4 Å². The van der Waals surface area contributed by atoms with Gasteiger partial charge in [-0.2, -0.15) is 0 Å². The summed E-state index contributed by atoms with van der Waals surface area (Å²) >= 11 is 0. The van der Waals surface area contributed by atoms with Crippen LogP contribution in [0.2, 0.25) is 0 Å². The van der Waals surface area contributed by atoms with Gasteiger partial charge in [0.2, 0.25) is 0 Å². The third kappa shape index (κ3) is 17.6. The topological polar surface area (TPSA) is 264 Å². The van der Waals surface area contributed by atoms with Gasteiger partial charge >= 0.3 is 13.8 Å². The summed E-state index contributed by atoms with van der Waals surface area (Å²) in [4.78, 5) is 53.6. The number of methoxy groups -OCH3 is 2. The quantitative estimate of drug-likeness (QED) is 0.109. The molecule has 0 bridgehead atoms. The molecule has 0 spiro atoms. The maximum absolute atomic E-state index is 14.0. The van der Waals surface area contributed by atoms with E-state index in [0.29, 0.717) is 31.1 Å². The molecule has 19 atom stereocenters. The molecule has 66 heavy (non-hydrogen) atoms. The molecule has 0 radical (unpaired) electrons. The number of nitrogens with zero attached hydrogens (tertiary/aromatic N) is 2. The van der Waals surface area contributed by atoms with Crippen molar-refractivity contribution in [1.82, 2.24) is 9.80 Å². The van der Waals surface area contributed by atoms with Crippen molar-refractivity contribution >= 4 is 19.6 Å². The third-order valence-corrected chi connectivity index (χ3v) is 13.5. The Labute approximate surface area is 392 Å². The van der Waals surface area contributed by atoms with E-state index in [1.54, 1.807) is 45.0 Å². The second kappa shape index (κ2) is 27.0. The number of allylic oxidation sites excluding steroid dienone is 3. The van der Waals surface area contributed by atoms with Crippen LogP contribution < -0.4 is 0 Å². The van der Waals surface area contributed by atoms with E-state index in [-0.39, 0.29) is 24.7 Å². The number of ketones is 1. The van der Waals surface area contributed by atoms with E-state index < -0.39 is 111 Å². The van der Waals surface area contributed by atoms with Gasteiger partial charge in [-0.1, -0.05) is 52.3 Å². The summed E-state index contributed by atoms with van der Waals surface area (Å²) in [7, 11) is 1.90. The average molecular weight is 967 g/mol. The van der Waals surface area contributed by atoms with Gasteiger partial charge in [0.25, 0.3) is 0 Å². The van der Waals surface area contributed by atoms with Gasteiger partial charge in [-0.25, -0.2) is 4.57 Å². The van der Waals surface area contributed by atoms with Crippen LogP contribution in [0.4, 0.5) is 0 Å². The predicted octanol–water partition coefficient (Wildman–Crippen LogP) is 2.41. The molecule has 3 saturated heterocycles. The zero-order valence-corrected chi connectivity index (χ0v) is 42.0. The average Bonchev–Trinajstić information content (AvgIpc) is 3.22. The number of hydrogen-bond donors (Lipinski definition) is 7. The number of phosphoric acid groups is 1. The fraction of sp³-hybridized carbons (Fsp3) is 0.870. The van der Waals surface area contributed by atoms with Crippen LogP contribution >= 0.6 is 7.82 Å². The number of cyclic esters (lactones) is 1. The minimum absolute atomic E-state index is 0.0427. The van der Waals surface area contributed by atoms with Gasteiger partial charge in [0.15, 0.2) is 18.4 Å². The van der Waals surface area contributed by atoms with Crippen molar-refractivity contribution in [2.75, 3.05) is 54.6 Å². The summed E-state index contributed by atoms with van der Waals surface area (Å²) in [5, 5.41) is 45.3. The van der Waals surface area contributed by atoms with Crippen molar-refractivity contribution in [3.05, 3.63) is 23.8 Å². The molecule has 0 amide bonds. The smallest absolute Gasteiger partial charge is 0.462 e. The molecular formula is C46H83N2O17P. The molecule has 20 heteroatoms. The number of likely N-dealkylation sites (N-methyl/N-ethyl adjacent to an activating group) is 1. The highest BCUT2D eigenvalue weighted by atomic mass is 31.2. The van der Waals surface area contributed by atoms with Crippen LogP contribution in [0.1, 0.15) is 87.5 Å². The molecule has 0 aromatic heterocycles. The monoisotopic (exact) mass is 967 g/mol. The van der Waals surface area contributed by atoms with E-state index in [1.807, 2.05) is 33.8 Å². The Morgan fingerprint density at radius 2 is 1.39 bits per heavy atom. The molecule has 4 rings (SSSR count). The zero-order valence-electron chi connectivity index (χ0n) is 41.1. The zero-order chi connectivity index (χ0) is 49.8. The maximum Gasteiger partial charge on any atom is 0.466 e. The van der Waals surface area contributed by atoms with Gasteiger partial charge in [0, 0.05) is 45.1 Å². The number of ether oxygens (including phenoxy) is 7. The lowest BCUT2D eigenvalue weighted by molar-refractivity contribution is -0.304. The van der Waals surface area contributed by atoms with E-state index in [0.717, 1.165) is 25.2 Å². The predicted molar refractivity (Wildman–Crippen MR) is 243 cm³/mol. The van der Waals surface area contributed by atoms with Crippen LogP contribution in [0.3, 0.4) is 0 Å². The van der Waals surface area contributed by atoms with E-state index in [2.05, 4.69) is 18.7 Å². The van der Waals surface area contributed by atoms with Gasteiger partial charge in [-0.05, 0) is 90.9 Å². The number of rotatable bonds is 12. The molecule has 0 saturated carbocycles. The van der Waals surface area contributed by atoms with Crippen molar-refractivity contribution in [3.63, 3.8) is 0 Å². The van der Waals surface area contributed by atoms with Gasteiger partial charge < -0.3 is 78.1 Å². The summed E-state index contributed by atoms with van der Waals surface area (Å²) in [5.74, 6) is -1.46. The Bertz CT molecular complexity index is 1580. The SMILES string of the molecule is CCC1OC(=O)CC(O)C(C)C(OC2OC(C)C(O)C(N(C)C)C2O)C(CCN2CC(C)CC(C)C2)CC(C)C(=O)/C=C\C(C)=C\C1COC1OC(C)C(O)C(OC)C1OC.O=P(O)(O)O. The van der Waals surface area contributed by atoms with Crippen molar-refractivity contribution in [1.29, 1.82) is 0 Å². The van der Waals surface area contributed by atoms with Crippen LogP contribution in [-0.4, -0.2) is 191 Å². The minimum atomic E-state index is -4.64. The Morgan fingerprint density at radius 3 is 1.95 bits per heavy atom. The van der Waals surface area contributed by atoms with E-state index in [9.17, 15) is 30.0 Å². The number of esters is 1. The summed E-state index contributed by atoms with van der Waals surface area (Å²) < 4.78 is 51.5. The first-order valence-electron chi connectivity index (χ1n) is 23.4. The number of carbonyl (C=O) groups is 2. The summed E-state index contributed by atoms with van der Waals surface area (Å²) in [6.45, 7) is 18.2. The van der Waals surface area contributed by atoms with Gasteiger partial charge in [0.05, 0.1) is 49.6 Å². The van der Waals surface area contributed by atoms with Crippen LogP contribution in [-0.2, 0) is 47.3 Å². The Hall–Kier alpha value is -1.75. The van der Waals surface area contributed by atoms with E-state index in [4.69, 9.17) is 52.4 Å². The van der Waals surface area contributed by atoms with Crippen LogP contribution in [0.25, 0.3) is 0 Å². The number of likely N-dealkylation sites (tertiary alicyclic amines) is 1. The second-order valence-corrected chi connectivity index (χ2v) is 20.5. The Balaban J connectivity index is 0.00000219. The van der Waals surface area contributed by atoms with Crippen LogP contribution in [0.5, 0.6) is 0 Å². The number of carbonyl (C=O) groups excluding carboxylic acids is 2. The Kier molecular flexibility index (Phi) is 24.0. The molecule has 3 fully saturated rings. The molecule has 7 N–H and O–H groups in total. The number of aliphatic hydroxyl groups is 4. The largest absolute Gasteiger partial charge is 0.466 e. The van der Waals surface area contributed by atoms with Crippen LogP contribution in [0.15, 0.2) is 23.8 Å². The maximum atomic E-state index is 14.0. The first-order chi connectivity index (χ1) is 30.8. The number of aliphatic hydroxyl groups excluding tert-OH is 4. The minimum Gasteiger partial charge on any atom is -0.462 e. The second-order valence-electron chi connectivity index (χ2n) is 19.5. The molecular weight excluding hydrogens is 883 g/mol. The van der Waals surface area contributed by atoms with Gasteiger partial charge in [0.1, 0.15) is 30.5 Å². The molecule has 19 nitrogen and oxygen atoms in total. The molecule has 4 heterocycles. The lowest BCUT2D eigenvalue weighted by Crippen LogP contribution is -2.63. The third-order valence-electron chi connectivity index (χ3n) is 13.5. The molecule has 384 valence electrons. The van der Waals surface area contributed by atoms with Crippen molar-refractivity contribution in [2.45, 2.75) is 167 Å². The van der Waals surface area contributed by atoms with E-state index >= 15 is 0 Å². The van der Waals surface area contributed by atoms with Gasteiger partial charge in [-0.15, -0.1) is 0 Å². The highest BCUT2D eigenvalue weighted by molar-refractivity contribution is 7.45. The Morgan fingerprint density at radius 1 is 0.818 bits per heavy atom. The van der Waals surface area contributed by atoms with E-state index in [1.165, 1.54) is 20.6 Å². The first-order valence-corrected chi connectivity index (χ1v) is 25.0. The number of hydrogen-bond acceptors (Lipinski definition) is 16. The summed E-state index contributed by atoms with van der Waals surface area (Å²) in [6, 6.07) is -0.684. The van der Waals surface area contributed by atoms with Gasteiger partial charge in [-0.3, -0.25) is 9.59 Å². The highest BCUT2D eigenvalue weighted by Crippen LogP contribution is 2.36. The molecule has 19 unspecified atom stereocenters.